The highest BCUT2D eigenvalue weighted by molar-refractivity contribution is 5.87. The second kappa shape index (κ2) is 7.03. The SMILES string of the molecule is CCOC(=O)c1cccn1CCOCCO. The van der Waals surface area contributed by atoms with Gasteiger partial charge in [-0.05, 0) is 19.1 Å². The van der Waals surface area contributed by atoms with E-state index in [9.17, 15) is 4.79 Å². The van der Waals surface area contributed by atoms with Crippen molar-refractivity contribution in [1.82, 2.24) is 4.57 Å². The highest BCUT2D eigenvalue weighted by Gasteiger charge is 2.10. The van der Waals surface area contributed by atoms with Crippen LogP contribution in [-0.4, -0.2) is 42.1 Å². The van der Waals surface area contributed by atoms with Crippen LogP contribution in [0.3, 0.4) is 0 Å². The number of hydrogen-bond donors (Lipinski definition) is 1. The van der Waals surface area contributed by atoms with Crippen molar-refractivity contribution in [3.63, 3.8) is 0 Å². The maximum Gasteiger partial charge on any atom is 0.354 e. The van der Waals surface area contributed by atoms with Gasteiger partial charge in [-0.2, -0.15) is 0 Å². The van der Waals surface area contributed by atoms with Gasteiger partial charge in [0.15, 0.2) is 0 Å². The number of ether oxygens (including phenoxy) is 2. The molecule has 5 nitrogen and oxygen atoms in total. The van der Waals surface area contributed by atoms with Gasteiger partial charge in [-0.1, -0.05) is 0 Å². The molecule has 0 saturated carbocycles. The summed E-state index contributed by atoms with van der Waals surface area (Å²) < 4.78 is 11.8. The van der Waals surface area contributed by atoms with E-state index in [0.717, 1.165) is 0 Å². The van der Waals surface area contributed by atoms with Crippen molar-refractivity contribution < 1.29 is 19.4 Å². The molecule has 0 aliphatic rings. The monoisotopic (exact) mass is 227 g/mol. The van der Waals surface area contributed by atoms with Crippen molar-refractivity contribution in [3.05, 3.63) is 24.0 Å². The molecule has 0 aliphatic carbocycles. The second-order valence-electron chi connectivity index (χ2n) is 3.14. The Balaban J connectivity index is 2.47. The number of rotatable bonds is 7. The topological polar surface area (TPSA) is 60.7 Å². The Morgan fingerprint density at radius 3 is 3.00 bits per heavy atom. The molecule has 5 heteroatoms. The molecule has 0 spiro atoms. The third kappa shape index (κ3) is 3.67. The predicted octanol–water partition coefficient (Wildman–Crippen LogP) is 0.674. The van der Waals surface area contributed by atoms with Gasteiger partial charge in [0, 0.05) is 12.7 Å². The van der Waals surface area contributed by atoms with Crippen LogP contribution < -0.4 is 0 Å². The molecule has 1 N–H and O–H groups in total. The van der Waals surface area contributed by atoms with Crippen LogP contribution in [0.2, 0.25) is 0 Å². The fraction of sp³-hybridized carbons (Fsp3) is 0.545. The minimum absolute atomic E-state index is 0.0103. The van der Waals surface area contributed by atoms with E-state index in [1.54, 1.807) is 29.8 Å². The number of aliphatic hydroxyl groups excluding tert-OH is 1. The largest absolute Gasteiger partial charge is 0.461 e. The predicted molar refractivity (Wildman–Crippen MR) is 58.3 cm³/mol. The first kappa shape index (κ1) is 12.7. The molecule has 0 unspecified atom stereocenters. The molecule has 1 aromatic heterocycles. The first-order chi connectivity index (χ1) is 7.79. The van der Waals surface area contributed by atoms with Crippen molar-refractivity contribution in [1.29, 1.82) is 0 Å². The number of esters is 1. The summed E-state index contributed by atoms with van der Waals surface area (Å²) >= 11 is 0. The van der Waals surface area contributed by atoms with Crippen LogP contribution >= 0.6 is 0 Å². The molecule has 0 aromatic carbocycles. The summed E-state index contributed by atoms with van der Waals surface area (Å²) in [6.45, 7) is 3.50. The lowest BCUT2D eigenvalue weighted by Gasteiger charge is -2.08. The summed E-state index contributed by atoms with van der Waals surface area (Å²) in [5.41, 5.74) is 0.523. The summed E-state index contributed by atoms with van der Waals surface area (Å²) in [4.78, 5) is 11.5. The summed E-state index contributed by atoms with van der Waals surface area (Å²) in [6.07, 6.45) is 1.80. The lowest BCUT2D eigenvalue weighted by molar-refractivity contribution is 0.0506. The molecular weight excluding hydrogens is 210 g/mol. The Hall–Kier alpha value is -1.33. The molecule has 0 aliphatic heterocycles. The Kier molecular flexibility index (Phi) is 5.60. The summed E-state index contributed by atoms with van der Waals surface area (Å²) in [6, 6.07) is 3.50. The van der Waals surface area contributed by atoms with Crippen LogP contribution in [0, 0.1) is 0 Å². The standard InChI is InChI=1S/C11H17NO4/c1-2-16-11(14)10-4-3-5-12(10)6-8-15-9-7-13/h3-5,13H,2,6-9H2,1H3. The third-order valence-corrected chi connectivity index (χ3v) is 2.03. The minimum atomic E-state index is -0.324. The lowest BCUT2D eigenvalue weighted by Crippen LogP contribution is -2.15. The molecule has 0 radical (unpaired) electrons. The van der Waals surface area contributed by atoms with Gasteiger partial charge >= 0.3 is 5.97 Å². The molecule has 0 fully saturated rings. The Morgan fingerprint density at radius 1 is 1.50 bits per heavy atom. The molecule has 0 atom stereocenters. The molecule has 0 saturated heterocycles. The van der Waals surface area contributed by atoms with E-state index in [2.05, 4.69) is 0 Å². The number of aliphatic hydroxyl groups is 1. The Labute approximate surface area is 94.6 Å². The second-order valence-corrected chi connectivity index (χ2v) is 3.14. The molecule has 0 bridgehead atoms. The summed E-state index contributed by atoms with van der Waals surface area (Å²) in [5.74, 6) is -0.324. The molecule has 1 heterocycles. The minimum Gasteiger partial charge on any atom is -0.461 e. The number of carbonyl (C=O) groups excluding carboxylic acids is 1. The van der Waals surface area contributed by atoms with Crippen molar-refractivity contribution in [2.24, 2.45) is 0 Å². The summed E-state index contributed by atoms with van der Waals surface area (Å²) in [7, 11) is 0. The van der Waals surface area contributed by atoms with Gasteiger partial charge in [-0.15, -0.1) is 0 Å². The first-order valence-corrected chi connectivity index (χ1v) is 5.30. The van der Waals surface area contributed by atoms with Crippen LogP contribution in [0.4, 0.5) is 0 Å². The summed E-state index contributed by atoms with van der Waals surface area (Å²) in [5, 5.41) is 8.53. The van der Waals surface area contributed by atoms with Crippen molar-refractivity contribution >= 4 is 5.97 Å². The van der Waals surface area contributed by atoms with Gasteiger partial charge in [0.1, 0.15) is 5.69 Å². The van der Waals surface area contributed by atoms with Gasteiger partial charge in [-0.3, -0.25) is 0 Å². The van der Waals surface area contributed by atoms with E-state index >= 15 is 0 Å². The van der Waals surface area contributed by atoms with Crippen LogP contribution in [0.5, 0.6) is 0 Å². The Morgan fingerprint density at radius 2 is 2.31 bits per heavy atom. The van der Waals surface area contributed by atoms with E-state index in [1.807, 2.05) is 0 Å². The maximum atomic E-state index is 11.5. The number of hydrogen-bond acceptors (Lipinski definition) is 4. The number of nitrogens with zero attached hydrogens (tertiary/aromatic N) is 1. The van der Waals surface area contributed by atoms with Crippen molar-refractivity contribution in [3.8, 4) is 0 Å². The van der Waals surface area contributed by atoms with Gasteiger partial charge < -0.3 is 19.1 Å². The number of carbonyl (C=O) groups is 1. The molecule has 1 aromatic rings. The average molecular weight is 227 g/mol. The highest BCUT2D eigenvalue weighted by atomic mass is 16.5. The zero-order chi connectivity index (χ0) is 11.8. The van der Waals surface area contributed by atoms with Crippen LogP contribution in [0.15, 0.2) is 18.3 Å². The number of aromatic nitrogens is 1. The van der Waals surface area contributed by atoms with Crippen molar-refractivity contribution in [2.75, 3.05) is 26.4 Å². The first-order valence-electron chi connectivity index (χ1n) is 5.30. The van der Waals surface area contributed by atoms with E-state index < -0.39 is 0 Å². The van der Waals surface area contributed by atoms with E-state index in [1.165, 1.54) is 0 Å². The van der Waals surface area contributed by atoms with Crippen LogP contribution in [-0.2, 0) is 16.0 Å². The quantitative estimate of drug-likeness (QED) is 0.549. The van der Waals surface area contributed by atoms with E-state index in [4.69, 9.17) is 14.6 Å². The molecule has 16 heavy (non-hydrogen) atoms. The molecule has 1 rings (SSSR count). The fourth-order valence-corrected chi connectivity index (χ4v) is 1.33. The zero-order valence-electron chi connectivity index (χ0n) is 9.39. The molecular formula is C11H17NO4. The lowest BCUT2D eigenvalue weighted by atomic mass is 10.4. The van der Waals surface area contributed by atoms with Crippen LogP contribution in [0.25, 0.3) is 0 Å². The zero-order valence-corrected chi connectivity index (χ0v) is 9.39. The van der Waals surface area contributed by atoms with Gasteiger partial charge in [0.25, 0.3) is 0 Å². The Bertz CT molecular complexity index is 322. The smallest absolute Gasteiger partial charge is 0.354 e. The van der Waals surface area contributed by atoms with Crippen molar-refractivity contribution in [2.45, 2.75) is 13.5 Å². The van der Waals surface area contributed by atoms with Crippen LogP contribution in [0.1, 0.15) is 17.4 Å². The molecule has 0 amide bonds. The highest BCUT2D eigenvalue weighted by Crippen LogP contribution is 2.04. The van der Waals surface area contributed by atoms with Gasteiger partial charge in [-0.25, -0.2) is 4.79 Å². The van der Waals surface area contributed by atoms with E-state index in [-0.39, 0.29) is 12.6 Å². The van der Waals surface area contributed by atoms with Gasteiger partial charge in [0.05, 0.1) is 26.4 Å². The van der Waals surface area contributed by atoms with E-state index in [0.29, 0.717) is 32.1 Å². The fourth-order valence-electron chi connectivity index (χ4n) is 1.33. The third-order valence-electron chi connectivity index (χ3n) is 2.03. The van der Waals surface area contributed by atoms with Gasteiger partial charge in [0.2, 0.25) is 0 Å². The average Bonchev–Trinajstić information content (AvgIpc) is 2.73. The molecule has 90 valence electrons. The maximum absolute atomic E-state index is 11.5. The normalized spacial score (nSPS) is 10.4.